The molecule has 0 saturated carbocycles. The highest BCUT2D eigenvalue weighted by Crippen LogP contribution is 2.37. The summed E-state index contributed by atoms with van der Waals surface area (Å²) in [7, 11) is -3.99. The molecular weight excluding hydrogens is 450 g/mol. The smallest absolute Gasteiger partial charge is 0.285 e. The number of sulfonamides is 1. The Morgan fingerprint density at radius 1 is 1.09 bits per heavy atom. The van der Waals surface area contributed by atoms with Gasteiger partial charge in [0, 0.05) is 36.0 Å². The summed E-state index contributed by atoms with van der Waals surface area (Å²) in [5.74, 6) is -0.550. The standard InChI is InChI=1S/C23H26ClN3O4S/c1-2-3-11-27-23(28)21(22(32(27,29)30)17-5-4-6-18(24)16-17)25-19-7-9-20(10-8-19)26-12-14-31-15-13-26/h4-10,16,25H,2-3,11-15H2,1H3. The van der Waals surface area contributed by atoms with Crippen molar-refractivity contribution in [2.24, 2.45) is 0 Å². The zero-order chi connectivity index (χ0) is 22.7. The van der Waals surface area contributed by atoms with E-state index in [2.05, 4.69) is 10.2 Å². The van der Waals surface area contributed by atoms with Crippen molar-refractivity contribution in [1.29, 1.82) is 0 Å². The molecule has 4 rings (SSSR count). The predicted molar refractivity (Wildman–Crippen MR) is 127 cm³/mol. The summed E-state index contributed by atoms with van der Waals surface area (Å²) in [4.78, 5) is 15.4. The van der Waals surface area contributed by atoms with Gasteiger partial charge in [0.25, 0.3) is 15.9 Å². The van der Waals surface area contributed by atoms with Crippen LogP contribution in [0.2, 0.25) is 5.02 Å². The second kappa shape index (κ2) is 9.52. The van der Waals surface area contributed by atoms with Crippen molar-refractivity contribution in [2.75, 3.05) is 43.1 Å². The van der Waals surface area contributed by atoms with E-state index in [1.807, 2.05) is 31.2 Å². The van der Waals surface area contributed by atoms with E-state index in [1.165, 1.54) is 0 Å². The Bertz CT molecular complexity index is 1130. The lowest BCUT2D eigenvalue weighted by Crippen LogP contribution is -2.36. The summed E-state index contributed by atoms with van der Waals surface area (Å²) in [6.07, 6.45) is 1.37. The van der Waals surface area contributed by atoms with E-state index >= 15 is 0 Å². The van der Waals surface area contributed by atoms with Gasteiger partial charge in [-0.05, 0) is 48.4 Å². The molecule has 2 aromatic rings. The normalized spacial score (nSPS) is 18.4. The molecule has 2 aliphatic rings. The van der Waals surface area contributed by atoms with Crippen LogP contribution in [-0.2, 0) is 19.6 Å². The van der Waals surface area contributed by atoms with E-state index in [4.69, 9.17) is 16.3 Å². The maximum atomic E-state index is 13.3. The molecule has 7 nitrogen and oxygen atoms in total. The third kappa shape index (κ3) is 4.48. The number of morpholine rings is 1. The molecule has 1 N–H and O–H groups in total. The fraction of sp³-hybridized carbons (Fsp3) is 0.348. The summed E-state index contributed by atoms with van der Waals surface area (Å²) in [5, 5.41) is 3.48. The molecule has 2 aromatic carbocycles. The van der Waals surface area contributed by atoms with Gasteiger partial charge in [0.15, 0.2) is 0 Å². The van der Waals surface area contributed by atoms with Crippen LogP contribution in [0.15, 0.2) is 54.2 Å². The number of hydrogen-bond acceptors (Lipinski definition) is 6. The van der Waals surface area contributed by atoms with Crippen molar-refractivity contribution in [3.8, 4) is 0 Å². The lowest BCUT2D eigenvalue weighted by Gasteiger charge is -2.29. The van der Waals surface area contributed by atoms with Gasteiger partial charge in [0.05, 0.1) is 13.2 Å². The van der Waals surface area contributed by atoms with Crippen LogP contribution in [0.1, 0.15) is 25.3 Å². The first-order chi connectivity index (χ1) is 15.4. The molecular formula is C23H26ClN3O4S. The first-order valence-corrected chi connectivity index (χ1v) is 12.5. The van der Waals surface area contributed by atoms with E-state index < -0.39 is 15.9 Å². The number of nitrogens with zero attached hydrogens (tertiary/aromatic N) is 2. The summed E-state index contributed by atoms with van der Waals surface area (Å²) in [6.45, 7) is 5.11. The minimum atomic E-state index is -3.99. The average Bonchev–Trinajstić information content (AvgIpc) is 2.98. The first-order valence-electron chi connectivity index (χ1n) is 10.7. The Morgan fingerprint density at radius 2 is 1.81 bits per heavy atom. The van der Waals surface area contributed by atoms with Crippen LogP contribution in [-0.4, -0.2) is 51.5 Å². The van der Waals surface area contributed by atoms with Gasteiger partial charge < -0.3 is 15.0 Å². The number of anilines is 2. The maximum absolute atomic E-state index is 13.3. The van der Waals surface area contributed by atoms with Crippen LogP contribution in [0.25, 0.3) is 4.91 Å². The number of carbonyl (C=O) groups excluding carboxylic acids is 1. The van der Waals surface area contributed by atoms with E-state index in [1.54, 1.807) is 24.3 Å². The number of benzene rings is 2. The minimum absolute atomic E-state index is 0.0432. The Labute approximate surface area is 193 Å². The van der Waals surface area contributed by atoms with Gasteiger partial charge in [-0.15, -0.1) is 0 Å². The molecule has 1 saturated heterocycles. The van der Waals surface area contributed by atoms with Crippen molar-refractivity contribution >= 4 is 43.8 Å². The molecule has 0 atom stereocenters. The van der Waals surface area contributed by atoms with Gasteiger partial charge in [-0.2, -0.15) is 0 Å². The Kier molecular flexibility index (Phi) is 6.74. The largest absolute Gasteiger partial charge is 0.378 e. The van der Waals surface area contributed by atoms with E-state index in [0.29, 0.717) is 35.9 Å². The third-order valence-electron chi connectivity index (χ3n) is 5.53. The quantitative estimate of drug-likeness (QED) is 0.653. The van der Waals surface area contributed by atoms with Crippen molar-refractivity contribution in [3.05, 3.63) is 64.8 Å². The number of halogens is 1. The van der Waals surface area contributed by atoms with Gasteiger partial charge in [-0.1, -0.05) is 37.1 Å². The summed E-state index contributed by atoms with van der Waals surface area (Å²) < 4.78 is 33.0. The lowest BCUT2D eigenvalue weighted by molar-refractivity contribution is -0.122. The zero-order valence-corrected chi connectivity index (χ0v) is 19.5. The minimum Gasteiger partial charge on any atom is -0.378 e. The van der Waals surface area contributed by atoms with E-state index in [-0.39, 0.29) is 17.1 Å². The number of ether oxygens (including phenoxy) is 1. The SMILES string of the molecule is CCCCN1C(=O)C(Nc2ccc(N3CCOCC3)cc2)=C(c2cccc(Cl)c2)S1(=O)=O. The van der Waals surface area contributed by atoms with Crippen LogP contribution in [0.3, 0.4) is 0 Å². The molecule has 1 fully saturated rings. The molecule has 0 radical (unpaired) electrons. The average molecular weight is 476 g/mol. The monoisotopic (exact) mass is 475 g/mol. The first kappa shape index (κ1) is 22.6. The predicted octanol–water partition coefficient (Wildman–Crippen LogP) is 3.93. The number of hydrogen-bond donors (Lipinski definition) is 1. The van der Waals surface area contributed by atoms with Gasteiger partial charge in [0.2, 0.25) is 0 Å². The number of carbonyl (C=O) groups is 1. The van der Waals surface area contributed by atoms with Crippen LogP contribution >= 0.6 is 11.6 Å². The van der Waals surface area contributed by atoms with Gasteiger partial charge in [-0.3, -0.25) is 4.79 Å². The van der Waals surface area contributed by atoms with Crippen LogP contribution in [0, 0.1) is 0 Å². The molecule has 0 spiro atoms. The van der Waals surface area contributed by atoms with Crippen LogP contribution < -0.4 is 10.2 Å². The second-order valence-corrected chi connectivity index (χ2v) is 9.96. The van der Waals surface area contributed by atoms with Gasteiger partial charge >= 0.3 is 0 Å². The van der Waals surface area contributed by atoms with Crippen LogP contribution in [0.4, 0.5) is 11.4 Å². The molecule has 1 amide bonds. The van der Waals surface area contributed by atoms with Gasteiger partial charge in [0.1, 0.15) is 10.6 Å². The van der Waals surface area contributed by atoms with Crippen molar-refractivity contribution in [3.63, 3.8) is 0 Å². The zero-order valence-electron chi connectivity index (χ0n) is 17.9. The number of rotatable bonds is 7. The van der Waals surface area contributed by atoms with Gasteiger partial charge in [-0.25, -0.2) is 12.7 Å². The molecule has 0 aromatic heterocycles. The fourth-order valence-electron chi connectivity index (χ4n) is 3.85. The molecule has 9 heteroatoms. The molecule has 0 aliphatic carbocycles. The summed E-state index contributed by atoms with van der Waals surface area (Å²) >= 11 is 6.12. The summed E-state index contributed by atoms with van der Waals surface area (Å²) in [6, 6.07) is 14.2. The molecule has 170 valence electrons. The third-order valence-corrected chi connectivity index (χ3v) is 7.65. The molecule has 0 unspecified atom stereocenters. The Balaban J connectivity index is 1.69. The number of unbranched alkanes of at least 4 members (excludes halogenated alkanes) is 1. The molecule has 2 heterocycles. The highest BCUT2D eigenvalue weighted by Gasteiger charge is 2.44. The summed E-state index contributed by atoms with van der Waals surface area (Å²) in [5.41, 5.74) is 2.12. The fourth-order valence-corrected chi connectivity index (χ4v) is 5.76. The number of amides is 1. The Hall–Kier alpha value is -2.55. The second-order valence-electron chi connectivity index (χ2n) is 7.72. The van der Waals surface area contributed by atoms with Crippen molar-refractivity contribution < 1.29 is 17.9 Å². The van der Waals surface area contributed by atoms with E-state index in [0.717, 1.165) is 29.5 Å². The molecule has 2 aliphatic heterocycles. The van der Waals surface area contributed by atoms with Crippen molar-refractivity contribution in [2.45, 2.75) is 19.8 Å². The molecule has 32 heavy (non-hydrogen) atoms. The highest BCUT2D eigenvalue weighted by atomic mass is 35.5. The van der Waals surface area contributed by atoms with E-state index in [9.17, 15) is 13.2 Å². The Morgan fingerprint density at radius 3 is 2.47 bits per heavy atom. The van der Waals surface area contributed by atoms with Crippen LogP contribution in [0.5, 0.6) is 0 Å². The highest BCUT2D eigenvalue weighted by molar-refractivity contribution is 7.99. The maximum Gasteiger partial charge on any atom is 0.285 e. The topological polar surface area (TPSA) is 79.0 Å². The van der Waals surface area contributed by atoms with Crippen molar-refractivity contribution in [1.82, 2.24) is 4.31 Å². The number of nitrogens with one attached hydrogen (secondary N) is 1. The molecule has 0 bridgehead atoms. The lowest BCUT2D eigenvalue weighted by atomic mass is 10.1.